The van der Waals surface area contributed by atoms with Gasteiger partial charge >= 0.3 is 0 Å². The molecule has 1 aliphatic rings. The fourth-order valence-corrected chi connectivity index (χ4v) is 2.51. The lowest BCUT2D eigenvalue weighted by Gasteiger charge is -2.20. The molecule has 0 spiro atoms. The van der Waals surface area contributed by atoms with Gasteiger partial charge in [-0.25, -0.2) is 0 Å². The van der Waals surface area contributed by atoms with Crippen molar-refractivity contribution >= 4 is 11.6 Å². The standard InChI is InChI=1S/C12H15ClO/c1-14-12-7-6-9-4-2-3-5-10(9)11(12)8-13/h6-7H,2-5,8H2,1H3. The van der Waals surface area contributed by atoms with E-state index in [4.69, 9.17) is 16.3 Å². The van der Waals surface area contributed by atoms with E-state index in [2.05, 4.69) is 6.07 Å². The van der Waals surface area contributed by atoms with Gasteiger partial charge in [0, 0.05) is 5.56 Å². The second-order valence-electron chi connectivity index (χ2n) is 3.72. The third-order valence-corrected chi connectivity index (χ3v) is 3.23. The summed E-state index contributed by atoms with van der Waals surface area (Å²) in [5, 5.41) is 0. The average molecular weight is 211 g/mol. The van der Waals surface area contributed by atoms with Gasteiger partial charge in [-0.3, -0.25) is 0 Å². The molecule has 0 fully saturated rings. The molecule has 14 heavy (non-hydrogen) atoms. The third-order valence-electron chi connectivity index (χ3n) is 2.96. The van der Waals surface area contributed by atoms with Gasteiger partial charge in [0.25, 0.3) is 0 Å². The zero-order valence-corrected chi connectivity index (χ0v) is 9.23. The van der Waals surface area contributed by atoms with Gasteiger partial charge in [0.1, 0.15) is 5.75 Å². The topological polar surface area (TPSA) is 9.23 Å². The molecule has 0 saturated carbocycles. The highest BCUT2D eigenvalue weighted by atomic mass is 35.5. The molecule has 0 heterocycles. The van der Waals surface area contributed by atoms with Gasteiger partial charge < -0.3 is 4.74 Å². The van der Waals surface area contributed by atoms with Crippen LogP contribution in [0.15, 0.2) is 12.1 Å². The number of rotatable bonds is 2. The Morgan fingerprint density at radius 3 is 2.79 bits per heavy atom. The minimum absolute atomic E-state index is 0.562. The molecule has 0 atom stereocenters. The summed E-state index contributed by atoms with van der Waals surface area (Å²) in [5.74, 6) is 1.51. The fraction of sp³-hybridized carbons (Fsp3) is 0.500. The van der Waals surface area contributed by atoms with E-state index in [9.17, 15) is 0 Å². The molecule has 76 valence electrons. The van der Waals surface area contributed by atoms with Crippen LogP contribution in [0.2, 0.25) is 0 Å². The minimum Gasteiger partial charge on any atom is -0.496 e. The minimum atomic E-state index is 0.562. The van der Waals surface area contributed by atoms with E-state index < -0.39 is 0 Å². The van der Waals surface area contributed by atoms with Crippen LogP contribution < -0.4 is 4.74 Å². The molecule has 0 bridgehead atoms. The molecule has 0 unspecified atom stereocenters. The van der Waals surface area contributed by atoms with Gasteiger partial charge in [0.2, 0.25) is 0 Å². The molecule has 0 radical (unpaired) electrons. The van der Waals surface area contributed by atoms with Crippen molar-refractivity contribution in [3.8, 4) is 5.75 Å². The van der Waals surface area contributed by atoms with Gasteiger partial charge in [-0.1, -0.05) is 6.07 Å². The first-order valence-electron chi connectivity index (χ1n) is 5.10. The van der Waals surface area contributed by atoms with E-state index >= 15 is 0 Å². The SMILES string of the molecule is COc1ccc2c(c1CCl)CCCC2. The highest BCUT2D eigenvalue weighted by Crippen LogP contribution is 2.31. The van der Waals surface area contributed by atoms with E-state index in [0.29, 0.717) is 5.88 Å². The van der Waals surface area contributed by atoms with Crippen molar-refractivity contribution in [2.45, 2.75) is 31.6 Å². The van der Waals surface area contributed by atoms with E-state index in [1.807, 2.05) is 6.07 Å². The summed E-state index contributed by atoms with van der Waals surface area (Å²) in [4.78, 5) is 0. The quantitative estimate of drug-likeness (QED) is 0.681. The lowest BCUT2D eigenvalue weighted by molar-refractivity contribution is 0.409. The molecule has 0 aromatic heterocycles. The Morgan fingerprint density at radius 1 is 1.29 bits per heavy atom. The predicted molar refractivity (Wildman–Crippen MR) is 59.2 cm³/mol. The maximum atomic E-state index is 5.97. The Balaban J connectivity index is 2.50. The van der Waals surface area contributed by atoms with Crippen molar-refractivity contribution in [1.82, 2.24) is 0 Å². The Kier molecular flexibility index (Phi) is 2.97. The summed E-state index contributed by atoms with van der Waals surface area (Å²) >= 11 is 5.97. The van der Waals surface area contributed by atoms with E-state index in [1.54, 1.807) is 7.11 Å². The zero-order chi connectivity index (χ0) is 9.97. The fourth-order valence-electron chi connectivity index (χ4n) is 2.22. The molecule has 0 amide bonds. The number of hydrogen-bond donors (Lipinski definition) is 0. The van der Waals surface area contributed by atoms with Crippen molar-refractivity contribution < 1.29 is 4.74 Å². The number of ether oxygens (including phenoxy) is 1. The van der Waals surface area contributed by atoms with Crippen molar-refractivity contribution in [2.75, 3.05) is 7.11 Å². The number of benzene rings is 1. The van der Waals surface area contributed by atoms with Crippen LogP contribution in [0.1, 0.15) is 29.5 Å². The van der Waals surface area contributed by atoms with Crippen LogP contribution in [0.25, 0.3) is 0 Å². The zero-order valence-electron chi connectivity index (χ0n) is 8.48. The number of aryl methyl sites for hydroxylation is 1. The number of methoxy groups -OCH3 is 1. The molecule has 1 aliphatic carbocycles. The highest BCUT2D eigenvalue weighted by molar-refractivity contribution is 6.17. The number of hydrogen-bond acceptors (Lipinski definition) is 1. The number of halogens is 1. The normalized spacial score (nSPS) is 15.0. The summed E-state index contributed by atoms with van der Waals surface area (Å²) in [7, 11) is 1.71. The Bertz CT molecular complexity index is 318. The van der Waals surface area contributed by atoms with Crippen LogP contribution in [-0.2, 0) is 18.7 Å². The van der Waals surface area contributed by atoms with Gasteiger partial charge in [-0.2, -0.15) is 0 Å². The van der Waals surface area contributed by atoms with Crippen LogP contribution in [0.4, 0.5) is 0 Å². The van der Waals surface area contributed by atoms with Crippen LogP contribution in [0.5, 0.6) is 5.75 Å². The summed E-state index contributed by atoms with van der Waals surface area (Å²) in [5.41, 5.74) is 4.10. The molecule has 0 aliphatic heterocycles. The van der Waals surface area contributed by atoms with E-state index in [0.717, 1.165) is 12.2 Å². The maximum Gasteiger partial charge on any atom is 0.123 e. The molecule has 2 heteroatoms. The molecule has 1 aromatic carbocycles. The summed E-state index contributed by atoms with van der Waals surface area (Å²) < 4.78 is 5.32. The smallest absolute Gasteiger partial charge is 0.123 e. The van der Waals surface area contributed by atoms with Gasteiger partial charge in [0.05, 0.1) is 13.0 Å². The van der Waals surface area contributed by atoms with Crippen LogP contribution in [-0.4, -0.2) is 7.11 Å². The van der Waals surface area contributed by atoms with Gasteiger partial charge in [0.15, 0.2) is 0 Å². The van der Waals surface area contributed by atoms with Crippen LogP contribution >= 0.6 is 11.6 Å². The Hall–Kier alpha value is -0.690. The molecular formula is C12H15ClO. The summed E-state index contributed by atoms with van der Waals surface area (Å²) in [6.45, 7) is 0. The monoisotopic (exact) mass is 210 g/mol. The lowest BCUT2D eigenvalue weighted by Crippen LogP contribution is -2.07. The number of fused-ring (bicyclic) bond motifs is 1. The van der Waals surface area contributed by atoms with Crippen molar-refractivity contribution in [3.63, 3.8) is 0 Å². The van der Waals surface area contributed by atoms with Crippen molar-refractivity contribution in [1.29, 1.82) is 0 Å². The second kappa shape index (κ2) is 4.22. The first kappa shape index (κ1) is 9.85. The molecule has 2 rings (SSSR count). The van der Waals surface area contributed by atoms with Gasteiger partial charge in [-0.05, 0) is 42.9 Å². The highest BCUT2D eigenvalue weighted by Gasteiger charge is 2.15. The summed E-state index contributed by atoms with van der Waals surface area (Å²) in [6, 6.07) is 4.23. The molecule has 0 N–H and O–H groups in total. The Morgan fingerprint density at radius 2 is 2.07 bits per heavy atom. The Labute approximate surface area is 90.0 Å². The molecule has 0 saturated heterocycles. The predicted octanol–water partition coefficient (Wildman–Crippen LogP) is 3.31. The second-order valence-corrected chi connectivity index (χ2v) is 3.99. The van der Waals surface area contributed by atoms with E-state index in [1.165, 1.54) is 36.0 Å². The molecular weight excluding hydrogens is 196 g/mol. The third kappa shape index (κ3) is 1.61. The van der Waals surface area contributed by atoms with Crippen LogP contribution in [0.3, 0.4) is 0 Å². The maximum absolute atomic E-state index is 5.97. The summed E-state index contributed by atoms with van der Waals surface area (Å²) in [6.07, 6.45) is 4.95. The van der Waals surface area contributed by atoms with Crippen LogP contribution in [0, 0.1) is 0 Å². The first-order chi connectivity index (χ1) is 6.86. The van der Waals surface area contributed by atoms with Crippen molar-refractivity contribution in [3.05, 3.63) is 28.8 Å². The largest absolute Gasteiger partial charge is 0.496 e. The van der Waals surface area contributed by atoms with Crippen molar-refractivity contribution in [2.24, 2.45) is 0 Å². The molecule has 1 aromatic rings. The first-order valence-corrected chi connectivity index (χ1v) is 5.64. The average Bonchev–Trinajstić information content (AvgIpc) is 2.27. The van der Waals surface area contributed by atoms with E-state index in [-0.39, 0.29) is 0 Å². The molecule has 1 nitrogen and oxygen atoms in total. The number of alkyl halides is 1. The lowest BCUT2D eigenvalue weighted by atomic mass is 9.88. The van der Waals surface area contributed by atoms with Gasteiger partial charge in [-0.15, -0.1) is 11.6 Å².